The van der Waals surface area contributed by atoms with Crippen molar-refractivity contribution in [2.75, 3.05) is 34.5 Å². The lowest BCUT2D eigenvalue weighted by atomic mass is 10.1. The minimum atomic E-state index is 0.497. The average molecular weight is 380 g/mol. The van der Waals surface area contributed by atoms with Crippen LogP contribution in [0.1, 0.15) is 0 Å². The highest BCUT2D eigenvalue weighted by Crippen LogP contribution is 2.34. The van der Waals surface area contributed by atoms with E-state index in [1.165, 1.54) is 0 Å². The predicted molar refractivity (Wildman–Crippen MR) is 105 cm³/mol. The monoisotopic (exact) mass is 380 g/mol. The summed E-state index contributed by atoms with van der Waals surface area (Å²) in [4.78, 5) is 0. The molecule has 0 N–H and O–H groups in total. The van der Waals surface area contributed by atoms with Crippen LogP contribution >= 0.6 is 0 Å². The predicted octanol–water partition coefficient (Wildman–Crippen LogP) is 3.01. The number of benzene rings is 2. The summed E-state index contributed by atoms with van der Waals surface area (Å²) in [5.74, 6) is 1.99. The van der Waals surface area contributed by atoms with Crippen molar-refractivity contribution in [1.82, 2.24) is 20.0 Å². The van der Waals surface area contributed by atoms with Crippen LogP contribution in [0.3, 0.4) is 0 Å². The summed E-state index contributed by atoms with van der Waals surface area (Å²) in [5, 5.41) is 14.7. The molecule has 2 aromatic heterocycles. The maximum atomic E-state index is 5.68. The summed E-state index contributed by atoms with van der Waals surface area (Å²) >= 11 is 0. The van der Waals surface area contributed by atoms with E-state index >= 15 is 0 Å². The van der Waals surface area contributed by atoms with Crippen molar-refractivity contribution < 1.29 is 18.9 Å². The maximum Gasteiger partial charge on any atom is 0.162 e. The van der Waals surface area contributed by atoms with Gasteiger partial charge in [0.05, 0.1) is 49.9 Å². The van der Waals surface area contributed by atoms with Crippen molar-refractivity contribution in [3.63, 3.8) is 0 Å². The third kappa shape index (κ3) is 3.18. The van der Waals surface area contributed by atoms with Gasteiger partial charge in [0.25, 0.3) is 0 Å². The van der Waals surface area contributed by atoms with E-state index in [-0.39, 0.29) is 0 Å². The number of hydrogen-bond donors (Lipinski definition) is 0. The molecule has 4 rings (SSSR count). The largest absolute Gasteiger partial charge is 0.493 e. The Morgan fingerprint density at radius 2 is 1.75 bits per heavy atom. The molecule has 2 aromatic carbocycles. The van der Waals surface area contributed by atoms with Crippen LogP contribution in [0.25, 0.3) is 27.5 Å². The Labute approximate surface area is 161 Å². The topological polar surface area (TPSA) is 80.5 Å². The Bertz CT molecular complexity index is 1130. The van der Waals surface area contributed by atoms with Crippen molar-refractivity contribution in [3.05, 3.63) is 42.7 Å². The first-order valence-corrected chi connectivity index (χ1v) is 8.72. The van der Waals surface area contributed by atoms with Crippen LogP contribution < -0.4 is 14.2 Å². The fraction of sp³-hybridized carbons (Fsp3) is 0.250. The first kappa shape index (κ1) is 18.0. The Balaban J connectivity index is 1.80. The standard InChI is InChI=1S/C20H20N4O4/c1-25-6-7-28-14-4-5-17-13(8-14)11-22-24(17)18-12-21-23-16-10-20(27-3)19(26-2)9-15(16)18/h4-5,8-12H,6-7H2,1-3H3. The lowest BCUT2D eigenvalue weighted by Gasteiger charge is -2.11. The molecule has 2 heterocycles. The summed E-state index contributed by atoms with van der Waals surface area (Å²) in [6, 6.07) is 9.52. The molecule has 8 heteroatoms. The summed E-state index contributed by atoms with van der Waals surface area (Å²) < 4.78 is 23.3. The quantitative estimate of drug-likeness (QED) is 0.456. The molecule has 144 valence electrons. The van der Waals surface area contributed by atoms with E-state index in [0.29, 0.717) is 30.2 Å². The van der Waals surface area contributed by atoms with Gasteiger partial charge in [0, 0.05) is 23.9 Å². The molecule has 0 saturated carbocycles. The van der Waals surface area contributed by atoms with E-state index in [1.807, 2.05) is 28.9 Å². The van der Waals surface area contributed by atoms with Crippen molar-refractivity contribution in [3.8, 4) is 22.9 Å². The first-order chi connectivity index (χ1) is 13.7. The fourth-order valence-corrected chi connectivity index (χ4v) is 3.08. The highest BCUT2D eigenvalue weighted by molar-refractivity contribution is 5.92. The molecule has 0 aliphatic rings. The lowest BCUT2D eigenvalue weighted by Crippen LogP contribution is -2.04. The molecule has 0 aliphatic carbocycles. The molecule has 0 bridgehead atoms. The summed E-state index contributed by atoms with van der Waals surface area (Å²) in [5.41, 5.74) is 2.43. The second kappa shape index (κ2) is 7.69. The number of methoxy groups -OCH3 is 3. The van der Waals surface area contributed by atoms with Gasteiger partial charge in [-0.2, -0.15) is 15.3 Å². The van der Waals surface area contributed by atoms with Crippen LogP contribution in [0.2, 0.25) is 0 Å². The van der Waals surface area contributed by atoms with Gasteiger partial charge in [-0.15, -0.1) is 0 Å². The number of aromatic nitrogens is 4. The summed E-state index contributed by atoms with van der Waals surface area (Å²) in [6.07, 6.45) is 3.48. The van der Waals surface area contributed by atoms with E-state index in [9.17, 15) is 0 Å². The molecule has 0 saturated heterocycles. The molecule has 0 amide bonds. The molecular weight excluding hydrogens is 360 g/mol. The van der Waals surface area contributed by atoms with Gasteiger partial charge in [0.1, 0.15) is 12.4 Å². The molecule has 0 radical (unpaired) electrons. The van der Waals surface area contributed by atoms with Crippen molar-refractivity contribution in [1.29, 1.82) is 0 Å². The average Bonchev–Trinajstić information content (AvgIpc) is 3.15. The van der Waals surface area contributed by atoms with Gasteiger partial charge < -0.3 is 18.9 Å². The normalized spacial score (nSPS) is 11.1. The summed E-state index contributed by atoms with van der Waals surface area (Å²) in [7, 11) is 4.84. The van der Waals surface area contributed by atoms with Crippen molar-refractivity contribution in [2.45, 2.75) is 0 Å². The molecule has 0 atom stereocenters. The number of hydrogen-bond acceptors (Lipinski definition) is 7. The second-order valence-electron chi connectivity index (χ2n) is 6.07. The molecule has 28 heavy (non-hydrogen) atoms. The van der Waals surface area contributed by atoms with Crippen molar-refractivity contribution in [2.24, 2.45) is 0 Å². The van der Waals surface area contributed by atoms with Crippen LogP contribution in [0, 0.1) is 0 Å². The first-order valence-electron chi connectivity index (χ1n) is 8.72. The van der Waals surface area contributed by atoms with Gasteiger partial charge in [-0.25, -0.2) is 4.68 Å². The van der Waals surface area contributed by atoms with Gasteiger partial charge in [-0.05, 0) is 24.3 Å². The molecule has 0 fully saturated rings. The van der Waals surface area contributed by atoms with Crippen LogP contribution in [0.4, 0.5) is 0 Å². The highest BCUT2D eigenvalue weighted by atomic mass is 16.5. The van der Waals surface area contributed by atoms with Gasteiger partial charge >= 0.3 is 0 Å². The van der Waals surface area contributed by atoms with Gasteiger partial charge in [0.2, 0.25) is 0 Å². The minimum absolute atomic E-state index is 0.497. The zero-order valence-corrected chi connectivity index (χ0v) is 15.9. The van der Waals surface area contributed by atoms with E-state index in [0.717, 1.165) is 27.7 Å². The number of ether oxygens (including phenoxy) is 4. The van der Waals surface area contributed by atoms with Crippen molar-refractivity contribution >= 4 is 21.8 Å². The molecule has 0 aliphatic heterocycles. The minimum Gasteiger partial charge on any atom is -0.493 e. The number of fused-ring (bicyclic) bond motifs is 2. The van der Waals surface area contributed by atoms with E-state index < -0.39 is 0 Å². The van der Waals surface area contributed by atoms with Gasteiger partial charge in [0.15, 0.2) is 11.5 Å². The fourth-order valence-electron chi connectivity index (χ4n) is 3.08. The van der Waals surface area contributed by atoms with E-state index in [4.69, 9.17) is 18.9 Å². The zero-order valence-electron chi connectivity index (χ0n) is 15.9. The molecule has 0 spiro atoms. The third-order valence-electron chi connectivity index (χ3n) is 4.45. The van der Waals surface area contributed by atoms with Crippen LogP contribution in [0.5, 0.6) is 17.2 Å². The SMILES string of the molecule is COCCOc1ccc2c(cnn2-c2cnnc3cc(OC)c(OC)cc23)c1. The van der Waals surface area contributed by atoms with Gasteiger partial charge in [-0.3, -0.25) is 0 Å². The Kier molecular flexibility index (Phi) is 4.94. The van der Waals surface area contributed by atoms with E-state index in [1.54, 1.807) is 39.8 Å². The smallest absolute Gasteiger partial charge is 0.162 e. The zero-order chi connectivity index (χ0) is 19.5. The highest BCUT2D eigenvalue weighted by Gasteiger charge is 2.14. The number of rotatable bonds is 7. The van der Waals surface area contributed by atoms with Crippen LogP contribution in [-0.4, -0.2) is 54.5 Å². The van der Waals surface area contributed by atoms with Crippen LogP contribution in [0.15, 0.2) is 42.7 Å². The van der Waals surface area contributed by atoms with Crippen LogP contribution in [-0.2, 0) is 4.74 Å². The van der Waals surface area contributed by atoms with E-state index in [2.05, 4.69) is 15.3 Å². The Morgan fingerprint density at radius 3 is 2.54 bits per heavy atom. The molecule has 8 nitrogen and oxygen atoms in total. The Hall–Kier alpha value is -3.39. The second-order valence-corrected chi connectivity index (χ2v) is 6.07. The Morgan fingerprint density at radius 1 is 0.929 bits per heavy atom. The molecular formula is C20H20N4O4. The third-order valence-corrected chi connectivity index (χ3v) is 4.45. The molecule has 0 unspecified atom stereocenters. The molecule has 4 aromatic rings. The van der Waals surface area contributed by atoms with Gasteiger partial charge in [-0.1, -0.05) is 0 Å². The maximum absolute atomic E-state index is 5.68. The number of nitrogens with zero attached hydrogens (tertiary/aromatic N) is 4. The lowest BCUT2D eigenvalue weighted by molar-refractivity contribution is 0.146. The summed E-state index contributed by atoms with van der Waals surface area (Å²) in [6.45, 7) is 1.04.